The molecule has 1 nitrogen and oxygen atoms in total. The van der Waals surface area contributed by atoms with Gasteiger partial charge in [-0.05, 0) is 48.4 Å². The van der Waals surface area contributed by atoms with Crippen LogP contribution in [0.2, 0.25) is 10.0 Å². The van der Waals surface area contributed by atoms with Gasteiger partial charge in [0, 0.05) is 20.2 Å². The highest BCUT2D eigenvalue weighted by Gasteiger charge is 2.13. The van der Waals surface area contributed by atoms with E-state index in [1.54, 1.807) is 6.07 Å². The lowest BCUT2D eigenvalue weighted by Crippen LogP contribution is -2.10. The normalized spacial score (nSPS) is 12.2. The van der Waals surface area contributed by atoms with Gasteiger partial charge < -0.3 is 5.32 Å². The second-order valence-corrected chi connectivity index (χ2v) is 6.04. The van der Waals surface area contributed by atoms with Crippen molar-refractivity contribution in [1.82, 2.24) is 0 Å². The Labute approximate surface area is 132 Å². The molecule has 0 saturated heterocycles. The number of benzene rings is 2. The van der Waals surface area contributed by atoms with Gasteiger partial charge in [-0.25, -0.2) is 0 Å². The molecular formula is C15H14BrCl2N. The van der Waals surface area contributed by atoms with Gasteiger partial charge in [-0.3, -0.25) is 0 Å². The van der Waals surface area contributed by atoms with Crippen LogP contribution in [0.4, 0.5) is 5.69 Å². The van der Waals surface area contributed by atoms with Crippen LogP contribution >= 0.6 is 39.1 Å². The molecule has 2 rings (SSSR count). The zero-order valence-corrected chi connectivity index (χ0v) is 13.6. The van der Waals surface area contributed by atoms with E-state index < -0.39 is 0 Å². The average molecular weight is 359 g/mol. The summed E-state index contributed by atoms with van der Waals surface area (Å²) in [6.07, 6.45) is 0.942. The molecule has 0 bridgehead atoms. The van der Waals surface area contributed by atoms with Crippen LogP contribution in [0.15, 0.2) is 46.9 Å². The highest BCUT2D eigenvalue weighted by Crippen LogP contribution is 2.30. The summed E-state index contributed by atoms with van der Waals surface area (Å²) in [5.74, 6) is 0. The SMILES string of the molecule is CCC(Nc1ccc(Br)cc1)c1ccc(Cl)cc1Cl. The van der Waals surface area contributed by atoms with Gasteiger partial charge in [-0.2, -0.15) is 0 Å². The fraction of sp³-hybridized carbons (Fsp3) is 0.200. The maximum atomic E-state index is 6.26. The number of anilines is 1. The second kappa shape index (κ2) is 6.65. The largest absolute Gasteiger partial charge is 0.378 e. The minimum absolute atomic E-state index is 0.172. The van der Waals surface area contributed by atoms with Gasteiger partial charge in [0.25, 0.3) is 0 Å². The first-order valence-corrected chi connectivity index (χ1v) is 7.62. The molecule has 0 heterocycles. The van der Waals surface area contributed by atoms with Crippen molar-refractivity contribution in [2.24, 2.45) is 0 Å². The van der Waals surface area contributed by atoms with Gasteiger partial charge in [-0.15, -0.1) is 0 Å². The topological polar surface area (TPSA) is 12.0 Å². The van der Waals surface area contributed by atoms with E-state index in [4.69, 9.17) is 23.2 Å². The minimum Gasteiger partial charge on any atom is -0.378 e. The first-order chi connectivity index (χ1) is 9.10. The lowest BCUT2D eigenvalue weighted by Gasteiger charge is -2.20. The highest BCUT2D eigenvalue weighted by atomic mass is 79.9. The van der Waals surface area contributed by atoms with Crippen molar-refractivity contribution in [1.29, 1.82) is 0 Å². The molecule has 0 radical (unpaired) electrons. The van der Waals surface area contributed by atoms with Crippen LogP contribution in [0.1, 0.15) is 24.9 Å². The van der Waals surface area contributed by atoms with E-state index in [9.17, 15) is 0 Å². The summed E-state index contributed by atoms with van der Waals surface area (Å²) in [6, 6.07) is 13.9. The standard InChI is InChI=1S/C15H14BrCl2N/c1-2-15(13-8-5-11(17)9-14(13)18)19-12-6-3-10(16)4-7-12/h3-9,15,19H,2H2,1H3. The van der Waals surface area contributed by atoms with E-state index in [1.165, 1.54) is 0 Å². The lowest BCUT2D eigenvalue weighted by molar-refractivity contribution is 0.749. The predicted octanol–water partition coefficient (Wildman–Crippen LogP) is 6.32. The van der Waals surface area contributed by atoms with Crippen molar-refractivity contribution in [2.45, 2.75) is 19.4 Å². The molecule has 0 spiro atoms. The summed E-state index contributed by atoms with van der Waals surface area (Å²) >= 11 is 15.6. The Hall–Kier alpha value is -0.700. The summed E-state index contributed by atoms with van der Waals surface area (Å²) < 4.78 is 1.07. The third kappa shape index (κ3) is 3.88. The molecule has 2 aromatic rings. The number of hydrogen-bond donors (Lipinski definition) is 1. The van der Waals surface area contributed by atoms with Crippen LogP contribution in [-0.2, 0) is 0 Å². The summed E-state index contributed by atoms with van der Waals surface area (Å²) in [4.78, 5) is 0. The third-order valence-electron chi connectivity index (χ3n) is 2.93. The monoisotopic (exact) mass is 357 g/mol. The van der Waals surface area contributed by atoms with Crippen molar-refractivity contribution in [3.8, 4) is 0 Å². The highest BCUT2D eigenvalue weighted by molar-refractivity contribution is 9.10. The quantitative estimate of drug-likeness (QED) is 0.674. The maximum absolute atomic E-state index is 6.26. The van der Waals surface area contributed by atoms with Crippen LogP contribution in [0.5, 0.6) is 0 Å². The van der Waals surface area contributed by atoms with E-state index in [0.29, 0.717) is 10.0 Å². The molecule has 2 aromatic carbocycles. The molecule has 0 aromatic heterocycles. The zero-order valence-electron chi connectivity index (χ0n) is 10.5. The van der Waals surface area contributed by atoms with Crippen molar-refractivity contribution >= 4 is 44.8 Å². The van der Waals surface area contributed by atoms with E-state index in [0.717, 1.165) is 22.1 Å². The first-order valence-electron chi connectivity index (χ1n) is 6.07. The maximum Gasteiger partial charge on any atom is 0.0525 e. The number of rotatable bonds is 4. The molecule has 0 aliphatic heterocycles. The zero-order chi connectivity index (χ0) is 13.8. The van der Waals surface area contributed by atoms with Gasteiger partial charge in [0.05, 0.1) is 6.04 Å². The van der Waals surface area contributed by atoms with Crippen LogP contribution in [0.25, 0.3) is 0 Å². The summed E-state index contributed by atoms with van der Waals surface area (Å²) in [6.45, 7) is 2.13. The molecule has 1 N–H and O–H groups in total. The van der Waals surface area contributed by atoms with Crippen LogP contribution < -0.4 is 5.32 Å². The van der Waals surface area contributed by atoms with Crippen molar-refractivity contribution in [2.75, 3.05) is 5.32 Å². The van der Waals surface area contributed by atoms with E-state index >= 15 is 0 Å². The molecule has 0 saturated carbocycles. The first kappa shape index (κ1) is 14.7. The smallest absolute Gasteiger partial charge is 0.0525 e. The van der Waals surface area contributed by atoms with E-state index in [1.807, 2.05) is 36.4 Å². The lowest BCUT2D eigenvalue weighted by atomic mass is 10.0. The molecule has 4 heteroatoms. The Kier molecular flexibility index (Phi) is 5.14. The van der Waals surface area contributed by atoms with Crippen molar-refractivity contribution in [3.05, 3.63) is 62.5 Å². The summed E-state index contributed by atoms with van der Waals surface area (Å²) in [7, 11) is 0. The number of halogens is 3. The van der Waals surface area contributed by atoms with E-state index in [2.05, 4.69) is 28.2 Å². The molecule has 19 heavy (non-hydrogen) atoms. The summed E-state index contributed by atoms with van der Waals surface area (Å²) in [5, 5.41) is 4.84. The summed E-state index contributed by atoms with van der Waals surface area (Å²) in [5.41, 5.74) is 2.14. The Morgan fingerprint density at radius 2 is 1.79 bits per heavy atom. The predicted molar refractivity (Wildman–Crippen MR) is 87.3 cm³/mol. The van der Waals surface area contributed by atoms with Gasteiger partial charge in [0.2, 0.25) is 0 Å². The van der Waals surface area contributed by atoms with Gasteiger partial charge in [-0.1, -0.05) is 52.1 Å². The third-order valence-corrected chi connectivity index (χ3v) is 4.02. The molecule has 1 unspecified atom stereocenters. The van der Waals surface area contributed by atoms with Crippen LogP contribution in [0.3, 0.4) is 0 Å². The Balaban J connectivity index is 2.22. The fourth-order valence-corrected chi connectivity index (χ4v) is 2.74. The van der Waals surface area contributed by atoms with Crippen LogP contribution in [0, 0.1) is 0 Å². The molecular weight excluding hydrogens is 345 g/mol. The molecule has 0 aliphatic rings. The van der Waals surface area contributed by atoms with Crippen molar-refractivity contribution in [3.63, 3.8) is 0 Å². The number of hydrogen-bond acceptors (Lipinski definition) is 1. The molecule has 100 valence electrons. The van der Waals surface area contributed by atoms with Gasteiger partial charge >= 0.3 is 0 Å². The Morgan fingerprint density at radius 3 is 2.37 bits per heavy atom. The second-order valence-electron chi connectivity index (χ2n) is 4.28. The van der Waals surface area contributed by atoms with Crippen LogP contribution in [-0.4, -0.2) is 0 Å². The van der Waals surface area contributed by atoms with E-state index in [-0.39, 0.29) is 6.04 Å². The molecule has 0 fully saturated rings. The van der Waals surface area contributed by atoms with Gasteiger partial charge in [0.15, 0.2) is 0 Å². The molecule has 0 amide bonds. The van der Waals surface area contributed by atoms with Crippen molar-refractivity contribution < 1.29 is 0 Å². The average Bonchev–Trinajstić information content (AvgIpc) is 2.39. The Bertz CT molecular complexity index is 555. The number of nitrogens with one attached hydrogen (secondary N) is 1. The minimum atomic E-state index is 0.172. The molecule has 1 atom stereocenters. The Morgan fingerprint density at radius 1 is 1.11 bits per heavy atom. The fourth-order valence-electron chi connectivity index (χ4n) is 1.93. The molecule has 0 aliphatic carbocycles. The van der Waals surface area contributed by atoms with Gasteiger partial charge in [0.1, 0.15) is 0 Å².